The Hall–Kier alpha value is -1.81. The molecule has 0 bridgehead atoms. The fourth-order valence-corrected chi connectivity index (χ4v) is 2.94. The summed E-state index contributed by atoms with van der Waals surface area (Å²) in [5.74, 6) is 0.719. The number of hydrogen-bond donors (Lipinski definition) is 1. The minimum Gasteiger partial charge on any atom is -0.494 e. The summed E-state index contributed by atoms with van der Waals surface area (Å²) in [6.45, 7) is 2.98. The van der Waals surface area contributed by atoms with Crippen molar-refractivity contribution in [1.82, 2.24) is 0 Å². The number of amides is 1. The molecule has 2 aromatic rings. The minimum atomic E-state index is -0.123. The maximum Gasteiger partial charge on any atom is 0.255 e. The Morgan fingerprint density at radius 3 is 2.44 bits per heavy atom. The van der Waals surface area contributed by atoms with Gasteiger partial charge in [0, 0.05) is 15.7 Å². The molecule has 0 aliphatic carbocycles. The highest BCUT2D eigenvalue weighted by Crippen LogP contribution is 2.18. The van der Waals surface area contributed by atoms with E-state index >= 15 is 0 Å². The van der Waals surface area contributed by atoms with Gasteiger partial charge in [-0.05, 0) is 48.9 Å². The van der Waals surface area contributed by atoms with Crippen molar-refractivity contribution in [2.24, 2.45) is 0 Å². The van der Waals surface area contributed by atoms with E-state index in [0.29, 0.717) is 5.56 Å². The van der Waals surface area contributed by atoms with Crippen molar-refractivity contribution in [3.05, 3.63) is 58.6 Å². The Morgan fingerprint density at radius 1 is 1.00 bits per heavy atom. The summed E-state index contributed by atoms with van der Waals surface area (Å²) in [6, 6.07) is 14.9. The first-order valence-electron chi connectivity index (χ1n) is 8.99. The molecule has 0 heterocycles. The van der Waals surface area contributed by atoms with E-state index in [-0.39, 0.29) is 5.91 Å². The topological polar surface area (TPSA) is 38.3 Å². The number of halogens is 1. The zero-order valence-corrected chi connectivity index (χ0v) is 16.3. The molecule has 25 heavy (non-hydrogen) atoms. The fraction of sp³-hybridized carbons (Fsp3) is 0.381. The lowest BCUT2D eigenvalue weighted by atomic mass is 10.1. The van der Waals surface area contributed by atoms with Gasteiger partial charge in [0.1, 0.15) is 5.75 Å². The zero-order chi connectivity index (χ0) is 17.9. The van der Waals surface area contributed by atoms with E-state index in [9.17, 15) is 4.79 Å². The average Bonchev–Trinajstić information content (AvgIpc) is 2.62. The van der Waals surface area contributed by atoms with Gasteiger partial charge >= 0.3 is 0 Å². The third-order valence-electron chi connectivity index (χ3n) is 3.97. The Kier molecular flexibility index (Phi) is 8.53. The van der Waals surface area contributed by atoms with E-state index in [1.54, 1.807) is 12.1 Å². The third kappa shape index (κ3) is 7.30. The Labute approximate surface area is 158 Å². The number of hydrogen-bond acceptors (Lipinski definition) is 2. The number of ether oxygens (including phenoxy) is 1. The monoisotopic (exact) mass is 403 g/mol. The molecule has 2 rings (SSSR count). The molecular weight excluding hydrogens is 378 g/mol. The molecule has 1 amide bonds. The number of anilines is 1. The van der Waals surface area contributed by atoms with Crippen LogP contribution in [0.1, 0.15) is 55.8 Å². The smallest absolute Gasteiger partial charge is 0.255 e. The van der Waals surface area contributed by atoms with Gasteiger partial charge < -0.3 is 10.1 Å². The van der Waals surface area contributed by atoms with Gasteiger partial charge in [-0.2, -0.15) is 0 Å². The second-order valence-corrected chi connectivity index (χ2v) is 7.02. The van der Waals surface area contributed by atoms with E-state index in [4.69, 9.17) is 4.74 Å². The van der Waals surface area contributed by atoms with Crippen LogP contribution in [0.3, 0.4) is 0 Å². The molecular formula is C21H26BrNO2. The van der Waals surface area contributed by atoms with Crippen molar-refractivity contribution < 1.29 is 9.53 Å². The van der Waals surface area contributed by atoms with Crippen LogP contribution in [-0.2, 0) is 0 Å². The first-order valence-corrected chi connectivity index (χ1v) is 9.78. The van der Waals surface area contributed by atoms with Gasteiger partial charge in [-0.25, -0.2) is 0 Å². The summed E-state index contributed by atoms with van der Waals surface area (Å²) in [5, 5.41) is 2.89. The van der Waals surface area contributed by atoms with Crippen LogP contribution < -0.4 is 10.1 Å². The second-order valence-electron chi connectivity index (χ2n) is 6.11. The Balaban J connectivity index is 1.73. The van der Waals surface area contributed by atoms with E-state index in [0.717, 1.165) is 28.9 Å². The van der Waals surface area contributed by atoms with Crippen LogP contribution >= 0.6 is 15.9 Å². The van der Waals surface area contributed by atoms with Crippen LogP contribution in [0, 0.1) is 0 Å². The van der Waals surface area contributed by atoms with Crippen molar-refractivity contribution in [1.29, 1.82) is 0 Å². The normalized spacial score (nSPS) is 10.5. The lowest BCUT2D eigenvalue weighted by molar-refractivity contribution is 0.102. The van der Waals surface area contributed by atoms with E-state index in [1.807, 2.05) is 36.4 Å². The van der Waals surface area contributed by atoms with E-state index in [2.05, 4.69) is 28.2 Å². The summed E-state index contributed by atoms with van der Waals surface area (Å²) < 4.78 is 6.64. The van der Waals surface area contributed by atoms with Crippen molar-refractivity contribution in [2.75, 3.05) is 11.9 Å². The molecule has 4 heteroatoms. The first-order chi connectivity index (χ1) is 12.2. The highest BCUT2D eigenvalue weighted by Gasteiger charge is 2.06. The second kappa shape index (κ2) is 10.9. The van der Waals surface area contributed by atoms with Crippen LogP contribution in [0.5, 0.6) is 5.75 Å². The van der Waals surface area contributed by atoms with Crippen molar-refractivity contribution in [3.63, 3.8) is 0 Å². The summed E-state index contributed by atoms with van der Waals surface area (Å²) in [7, 11) is 0. The first kappa shape index (κ1) is 19.5. The van der Waals surface area contributed by atoms with Crippen LogP contribution in [-0.4, -0.2) is 12.5 Å². The fourth-order valence-electron chi connectivity index (χ4n) is 2.54. The zero-order valence-electron chi connectivity index (χ0n) is 14.8. The number of carbonyl (C=O) groups excluding carboxylic acids is 1. The number of rotatable bonds is 10. The number of nitrogens with one attached hydrogen (secondary N) is 1. The minimum absolute atomic E-state index is 0.123. The highest BCUT2D eigenvalue weighted by molar-refractivity contribution is 9.10. The SMILES string of the molecule is CCCCCCCCOc1ccc(NC(=O)c2cccc(Br)c2)cc1. The third-order valence-corrected chi connectivity index (χ3v) is 4.46. The van der Waals surface area contributed by atoms with Gasteiger partial charge in [-0.1, -0.05) is 61.0 Å². The van der Waals surface area contributed by atoms with E-state index < -0.39 is 0 Å². The van der Waals surface area contributed by atoms with Crippen LogP contribution in [0.15, 0.2) is 53.0 Å². The Morgan fingerprint density at radius 2 is 1.72 bits per heavy atom. The quantitative estimate of drug-likeness (QED) is 0.463. The van der Waals surface area contributed by atoms with Gasteiger partial charge in [0.2, 0.25) is 0 Å². The molecule has 0 saturated carbocycles. The predicted molar refractivity (Wildman–Crippen MR) is 107 cm³/mol. The summed E-state index contributed by atoms with van der Waals surface area (Å²) in [4.78, 5) is 12.2. The molecule has 0 fully saturated rings. The lowest BCUT2D eigenvalue weighted by Crippen LogP contribution is -2.11. The number of benzene rings is 2. The molecule has 0 radical (unpaired) electrons. The van der Waals surface area contributed by atoms with Crippen LogP contribution in [0.2, 0.25) is 0 Å². The molecule has 0 unspecified atom stereocenters. The summed E-state index contributed by atoms with van der Waals surface area (Å²) in [5.41, 5.74) is 1.38. The molecule has 1 N–H and O–H groups in total. The van der Waals surface area contributed by atoms with Crippen molar-refractivity contribution >= 4 is 27.5 Å². The largest absolute Gasteiger partial charge is 0.494 e. The molecule has 0 aliphatic rings. The van der Waals surface area contributed by atoms with Gasteiger partial charge in [-0.3, -0.25) is 4.79 Å². The molecule has 134 valence electrons. The predicted octanol–water partition coefficient (Wildman–Crippen LogP) is 6.44. The van der Waals surface area contributed by atoms with Crippen LogP contribution in [0.4, 0.5) is 5.69 Å². The van der Waals surface area contributed by atoms with Crippen molar-refractivity contribution in [3.8, 4) is 5.75 Å². The Bertz CT molecular complexity index is 655. The lowest BCUT2D eigenvalue weighted by Gasteiger charge is -2.09. The van der Waals surface area contributed by atoms with Gasteiger partial charge in [0.15, 0.2) is 0 Å². The molecule has 0 atom stereocenters. The summed E-state index contributed by atoms with van der Waals surface area (Å²) in [6.07, 6.45) is 7.53. The van der Waals surface area contributed by atoms with Crippen LogP contribution in [0.25, 0.3) is 0 Å². The maximum absolute atomic E-state index is 12.2. The molecule has 0 aromatic heterocycles. The molecule has 0 saturated heterocycles. The maximum atomic E-state index is 12.2. The molecule has 3 nitrogen and oxygen atoms in total. The standard InChI is InChI=1S/C21H26BrNO2/c1-2-3-4-5-6-7-15-25-20-13-11-19(12-14-20)23-21(24)17-9-8-10-18(22)16-17/h8-14,16H,2-7,15H2,1H3,(H,23,24). The number of unbranched alkanes of at least 4 members (excludes halogenated alkanes) is 5. The highest BCUT2D eigenvalue weighted by atomic mass is 79.9. The molecule has 0 spiro atoms. The van der Waals surface area contributed by atoms with Gasteiger partial charge in [0.25, 0.3) is 5.91 Å². The van der Waals surface area contributed by atoms with E-state index in [1.165, 1.54) is 32.1 Å². The summed E-state index contributed by atoms with van der Waals surface area (Å²) >= 11 is 3.38. The molecule has 2 aromatic carbocycles. The molecule has 0 aliphatic heterocycles. The van der Waals surface area contributed by atoms with Gasteiger partial charge in [-0.15, -0.1) is 0 Å². The average molecular weight is 404 g/mol. The van der Waals surface area contributed by atoms with Gasteiger partial charge in [0.05, 0.1) is 6.61 Å². The van der Waals surface area contributed by atoms with Crippen molar-refractivity contribution in [2.45, 2.75) is 45.4 Å². The number of carbonyl (C=O) groups is 1.